The molecule has 1 aromatic heterocycles. The number of hydrogen-bond donors (Lipinski definition) is 0. The molecule has 2 aliphatic carbocycles. The largest absolute Gasteiger partial charge is 0.342 e. The number of likely N-dealkylation sites (tertiary alicyclic amines) is 1. The number of rotatable bonds is 3. The summed E-state index contributed by atoms with van der Waals surface area (Å²) in [5, 5.41) is 9.19. The van der Waals surface area contributed by atoms with Crippen LogP contribution < -0.4 is 0 Å². The summed E-state index contributed by atoms with van der Waals surface area (Å²) in [5.41, 5.74) is 0. The summed E-state index contributed by atoms with van der Waals surface area (Å²) < 4.78 is 2.37. The molecule has 27 heavy (non-hydrogen) atoms. The predicted molar refractivity (Wildman–Crippen MR) is 103 cm³/mol. The van der Waals surface area contributed by atoms with Gasteiger partial charge in [0.05, 0.1) is 6.54 Å². The highest BCUT2D eigenvalue weighted by atomic mass is 16.2. The number of aromatic nitrogens is 3. The van der Waals surface area contributed by atoms with Crippen LogP contribution in [0.5, 0.6) is 0 Å². The molecule has 4 aliphatic rings. The lowest BCUT2D eigenvalue weighted by atomic mass is 9.95. The SMILES string of the molecule is O=C(C1CCCC1)N1CCCC(c2nnc3n2CCN(C2CCCC2)C3)C1. The molecule has 6 heteroatoms. The van der Waals surface area contributed by atoms with Crippen molar-refractivity contribution in [2.24, 2.45) is 5.92 Å². The number of carbonyl (C=O) groups is 1. The van der Waals surface area contributed by atoms with Crippen LogP contribution in [-0.2, 0) is 17.9 Å². The van der Waals surface area contributed by atoms with Gasteiger partial charge in [-0.3, -0.25) is 9.69 Å². The number of carbonyl (C=O) groups excluding carboxylic acids is 1. The number of nitrogens with zero attached hydrogens (tertiary/aromatic N) is 5. The Bertz CT molecular complexity index is 674. The fourth-order valence-corrected chi connectivity index (χ4v) is 5.90. The highest BCUT2D eigenvalue weighted by Gasteiger charge is 2.34. The van der Waals surface area contributed by atoms with E-state index < -0.39 is 0 Å². The van der Waals surface area contributed by atoms with Gasteiger partial charge in [-0.2, -0.15) is 0 Å². The van der Waals surface area contributed by atoms with Crippen LogP contribution in [0.1, 0.15) is 81.8 Å². The average Bonchev–Trinajstić information content (AvgIpc) is 3.48. The molecule has 2 saturated carbocycles. The van der Waals surface area contributed by atoms with Crippen LogP contribution in [0.25, 0.3) is 0 Å². The molecular weight excluding hydrogens is 338 g/mol. The van der Waals surface area contributed by atoms with E-state index >= 15 is 0 Å². The molecule has 3 fully saturated rings. The van der Waals surface area contributed by atoms with Gasteiger partial charge in [0, 0.05) is 44.1 Å². The molecule has 0 bridgehead atoms. The predicted octanol–water partition coefficient (Wildman–Crippen LogP) is 2.93. The zero-order valence-corrected chi connectivity index (χ0v) is 16.5. The first-order chi connectivity index (χ1) is 13.3. The Balaban J connectivity index is 1.27. The highest BCUT2D eigenvalue weighted by molar-refractivity contribution is 5.79. The van der Waals surface area contributed by atoms with Gasteiger partial charge in [-0.1, -0.05) is 25.7 Å². The Hall–Kier alpha value is -1.43. The normalized spacial score (nSPS) is 28.0. The standard InChI is InChI=1S/C21H33N5O/c27-21(16-6-1-2-7-16)25-11-5-8-17(14-25)20-23-22-19-15-24(12-13-26(19)20)18-9-3-4-10-18/h16-18H,1-15H2. The van der Waals surface area contributed by atoms with Crippen molar-refractivity contribution in [3.05, 3.63) is 11.6 Å². The van der Waals surface area contributed by atoms with Crippen molar-refractivity contribution in [2.75, 3.05) is 19.6 Å². The van der Waals surface area contributed by atoms with Crippen molar-refractivity contribution in [1.82, 2.24) is 24.6 Å². The topological polar surface area (TPSA) is 54.3 Å². The molecule has 0 spiro atoms. The molecule has 0 aromatic carbocycles. The summed E-state index contributed by atoms with van der Waals surface area (Å²) >= 11 is 0. The van der Waals surface area contributed by atoms with Crippen molar-refractivity contribution in [3.8, 4) is 0 Å². The van der Waals surface area contributed by atoms with Crippen LogP contribution in [-0.4, -0.2) is 56.1 Å². The number of piperidine rings is 1. The highest BCUT2D eigenvalue weighted by Crippen LogP contribution is 2.32. The van der Waals surface area contributed by atoms with E-state index in [1.165, 1.54) is 38.5 Å². The minimum atomic E-state index is 0.288. The molecule has 1 amide bonds. The minimum Gasteiger partial charge on any atom is -0.342 e. The maximum absolute atomic E-state index is 12.9. The zero-order valence-electron chi connectivity index (χ0n) is 16.5. The van der Waals surface area contributed by atoms with E-state index in [9.17, 15) is 4.79 Å². The Morgan fingerprint density at radius 2 is 1.63 bits per heavy atom. The van der Waals surface area contributed by atoms with Crippen molar-refractivity contribution >= 4 is 5.91 Å². The van der Waals surface area contributed by atoms with Crippen LogP contribution in [0, 0.1) is 5.92 Å². The van der Waals surface area contributed by atoms with Gasteiger partial charge < -0.3 is 9.47 Å². The maximum atomic E-state index is 12.9. The maximum Gasteiger partial charge on any atom is 0.225 e. The molecule has 5 rings (SSSR count). The molecule has 0 radical (unpaired) electrons. The molecule has 2 aliphatic heterocycles. The van der Waals surface area contributed by atoms with E-state index in [2.05, 4.69) is 24.6 Å². The average molecular weight is 372 g/mol. The Morgan fingerprint density at radius 3 is 2.44 bits per heavy atom. The molecule has 1 unspecified atom stereocenters. The summed E-state index contributed by atoms with van der Waals surface area (Å²) in [6, 6.07) is 0.758. The number of amides is 1. The second-order valence-electron chi connectivity index (χ2n) is 9.14. The molecule has 1 aromatic rings. The third-order valence-corrected chi connectivity index (χ3v) is 7.46. The van der Waals surface area contributed by atoms with Gasteiger partial charge in [-0.25, -0.2) is 0 Å². The molecule has 6 nitrogen and oxygen atoms in total. The van der Waals surface area contributed by atoms with Crippen molar-refractivity contribution in [3.63, 3.8) is 0 Å². The lowest BCUT2D eigenvalue weighted by Crippen LogP contribution is -2.43. The Kier molecular flexibility index (Phi) is 4.92. The van der Waals surface area contributed by atoms with E-state index in [1.807, 2.05) is 0 Å². The van der Waals surface area contributed by atoms with Crippen LogP contribution >= 0.6 is 0 Å². The summed E-state index contributed by atoms with van der Waals surface area (Å²) in [4.78, 5) is 17.6. The van der Waals surface area contributed by atoms with Crippen molar-refractivity contribution < 1.29 is 4.79 Å². The van der Waals surface area contributed by atoms with Crippen molar-refractivity contribution in [2.45, 2.75) is 89.3 Å². The lowest BCUT2D eigenvalue weighted by Gasteiger charge is -2.36. The van der Waals surface area contributed by atoms with Gasteiger partial charge >= 0.3 is 0 Å². The van der Waals surface area contributed by atoms with Crippen LogP contribution in [0.15, 0.2) is 0 Å². The first kappa shape index (κ1) is 17.7. The summed E-state index contributed by atoms with van der Waals surface area (Å²) in [5.74, 6) is 3.34. The quantitative estimate of drug-likeness (QED) is 0.820. The van der Waals surface area contributed by atoms with Gasteiger partial charge in [0.25, 0.3) is 0 Å². The summed E-state index contributed by atoms with van der Waals surface area (Å²) in [6.45, 7) is 4.87. The summed E-state index contributed by atoms with van der Waals surface area (Å²) in [7, 11) is 0. The molecule has 1 atom stereocenters. The van der Waals surface area contributed by atoms with Gasteiger partial charge in [0.15, 0.2) is 0 Å². The fourth-order valence-electron chi connectivity index (χ4n) is 5.90. The first-order valence-electron chi connectivity index (χ1n) is 11.2. The third-order valence-electron chi connectivity index (χ3n) is 7.46. The van der Waals surface area contributed by atoms with Gasteiger partial charge in [-0.05, 0) is 38.5 Å². The van der Waals surface area contributed by atoms with Gasteiger partial charge in [0.2, 0.25) is 5.91 Å². The smallest absolute Gasteiger partial charge is 0.225 e. The summed E-state index contributed by atoms with van der Waals surface area (Å²) in [6.07, 6.45) is 12.3. The molecule has 1 saturated heterocycles. The Morgan fingerprint density at radius 1 is 0.852 bits per heavy atom. The van der Waals surface area contributed by atoms with Crippen molar-refractivity contribution in [1.29, 1.82) is 0 Å². The van der Waals surface area contributed by atoms with E-state index in [1.54, 1.807) is 0 Å². The molecular formula is C21H33N5O. The lowest BCUT2D eigenvalue weighted by molar-refractivity contribution is -0.136. The van der Waals surface area contributed by atoms with E-state index in [-0.39, 0.29) is 5.92 Å². The van der Waals surface area contributed by atoms with E-state index in [0.29, 0.717) is 11.8 Å². The zero-order chi connectivity index (χ0) is 18.2. The van der Waals surface area contributed by atoms with Crippen LogP contribution in [0.4, 0.5) is 0 Å². The van der Waals surface area contributed by atoms with Crippen LogP contribution in [0.2, 0.25) is 0 Å². The Labute approximate surface area is 162 Å². The monoisotopic (exact) mass is 371 g/mol. The first-order valence-corrected chi connectivity index (χ1v) is 11.2. The number of hydrogen-bond acceptors (Lipinski definition) is 4. The molecule has 148 valence electrons. The fraction of sp³-hybridized carbons (Fsp3) is 0.857. The van der Waals surface area contributed by atoms with Gasteiger partial charge in [-0.15, -0.1) is 10.2 Å². The minimum absolute atomic E-state index is 0.288. The molecule has 3 heterocycles. The third kappa shape index (κ3) is 3.41. The second-order valence-corrected chi connectivity index (χ2v) is 9.14. The number of fused-ring (bicyclic) bond motifs is 1. The van der Waals surface area contributed by atoms with E-state index in [4.69, 9.17) is 0 Å². The second kappa shape index (κ2) is 7.53. The van der Waals surface area contributed by atoms with E-state index in [0.717, 1.165) is 76.1 Å². The van der Waals surface area contributed by atoms with Gasteiger partial charge in [0.1, 0.15) is 11.6 Å². The molecule has 0 N–H and O–H groups in total. The van der Waals surface area contributed by atoms with Crippen LogP contribution in [0.3, 0.4) is 0 Å².